The Balaban J connectivity index is 0.00000133. The summed E-state index contributed by atoms with van der Waals surface area (Å²) >= 11 is 1.70. The molecule has 1 amide bonds. The molecule has 1 aromatic rings. The van der Waals surface area contributed by atoms with Crippen molar-refractivity contribution in [3.8, 4) is 0 Å². The molecule has 2 aliphatic rings. The van der Waals surface area contributed by atoms with Crippen molar-refractivity contribution in [1.29, 1.82) is 0 Å². The first-order chi connectivity index (χ1) is 8.63. The molecule has 0 saturated carbocycles. The minimum atomic E-state index is 0. The lowest BCUT2D eigenvalue weighted by Gasteiger charge is -2.16. The highest BCUT2D eigenvalue weighted by molar-refractivity contribution is 7.14. The van der Waals surface area contributed by atoms with Crippen molar-refractivity contribution < 1.29 is 4.79 Å². The van der Waals surface area contributed by atoms with Crippen LogP contribution < -0.4 is 5.73 Å². The summed E-state index contributed by atoms with van der Waals surface area (Å²) in [5.41, 5.74) is 7.27. The summed E-state index contributed by atoms with van der Waals surface area (Å²) in [6.07, 6.45) is 4.48. The minimum Gasteiger partial charge on any atom is -0.336 e. The van der Waals surface area contributed by atoms with Crippen LogP contribution in [0.2, 0.25) is 0 Å². The first kappa shape index (κ1) is 14.8. The van der Waals surface area contributed by atoms with E-state index in [0.29, 0.717) is 0 Å². The molecule has 1 aliphatic heterocycles. The number of nitrogens with two attached hydrogens (primary N) is 1. The average Bonchev–Trinajstić information content (AvgIpc) is 2.93. The number of hydrogen-bond donors (Lipinski definition) is 1. The molecular formula is C14H21ClN2OS. The molecule has 0 spiro atoms. The summed E-state index contributed by atoms with van der Waals surface area (Å²) in [4.78, 5) is 16.6. The van der Waals surface area contributed by atoms with Gasteiger partial charge in [-0.2, -0.15) is 0 Å². The third-order valence-corrected chi connectivity index (χ3v) is 5.28. The van der Waals surface area contributed by atoms with E-state index in [9.17, 15) is 4.79 Å². The first-order valence-electron chi connectivity index (χ1n) is 6.80. The highest BCUT2D eigenvalue weighted by Crippen LogP contribution is 2.33. The average molecular weight is 301 g/mol. The van der Waals surface area contributed by atoms with Crippen LogP contribution in [0.15, 0.2) is 6.07 Å². The molecule has 2 heterocycles. The van der Waals surface area contributed by atoms with Crippen molar-refractivity contribution in [3.05, 3.63) is 21.4 Å². The number of hydrogen-bond acceptors (Lipinski definition) is 3. The Kier molecular flexibility index (Phi) is 4.54. The Labute approximate surface area is 124 Å². The van der Waals surface area contributed by atoms with Gasteiger partial charge in [0.05, 0.1) is 4.88 Å². The van der Waals surface area contributed by atoms with Gasteiger partial charge in [0.1, 0.15) is 0 Å². The first-order valence-corrected chi connectivity index (χ1v) is 7.61. The van der Waals surface area contributed by atoms with Crippen LogP contribution in [-0.4, -0.2) is 29.9 Å². The standard InChI is InChI=1S/C14H20N2OS.ClH/c1-9-2-3-12-10(6-9)7-13(18-12)14(17)16-5-4-11(15)8-16;/h7,9,11H,2-6,8,15H2,1H3;1H/t9?,11-;/m1./s1. The van der Waals surface area contributed by atoms with E-state index < -0.39 is 0 Å². The molecule has 3 nitrogen and oxygen atoms in total. The fourth-order valence-electron chi connectivity index (χ4n) is 2.94. The van der Waals surface area contributed by atoms with Gasteiger partial charge in [-0.15, -0.1) is 23.7 Å². The number of carbonyl (C=O) groups excluding carboxylic acids is 1. The number of nitrogens with zero attached hydrogens (tertiary/aromatic N) is 1. The second-order valence-corrected chi connectivity index (χ2v) is 6.84. The van der Waals surface area contributed by atoms with Gasteiger partial charge in [-0.25, -0.2) is 0 Å². The van der Waals surface area contributed by atoms with Crippen LogP contribution in [0, 0.1) is 5.92 Å². The van der Waals surface area contributed by atoms with Crippen molar-refractivity contribution in [1.82, 2.24) is 4.90 Å². The van der Waals surface area contributed by atoms with Crippen molar-refractivity contribution >= 4 is 29.7 Å². The van der Waals surface area contributed by atoms with E-state index in [4.69, 9.17) is 5.73 Å². The van der Waals surface area contributed by atoms with Crippen LogP contribution in [0.3, 0.4) is 0 Å². The summed E-state index contributed by atoms with van der Waals surface area (Å²) in [5, 5.41) is 0. The fourth-order valence-corrected chi connectivity index (χ4v) is 4.12. The molecule has 2 atom stereocenters. The topological polar surface area (TPSA) is 46.3 Å². The largest absolute Gasteiger partial charge is 0.336 e. The van der Waals surface area contributed by atoms with E-state index in [-0.39, 0.29) is 24.4 Å². The monoisotopic (exact) mass is 300 g/mol. The number of thiophene rings is 1. The smallest absolute Gasteiger partial charge is 0.263 e. The summed E-state index contributed by atoms with van der Waals surface area (Å²) in [6, 6.07) is 2.30. The molecule has 1 unspecified atom stereocenters. The number of fused-ring (bicyclic) bond motifs is 1. The van der Waals surface area contributed by atoms with Crippen LogP contribution in [0.1, 0.15) is 39.9 Å². The van der Waals surface area contributed by atoms with Gasteiger partial charge < -0.3 is 10.6 Å². The molecule has 2 N–H and O–H groups in total. The third kappa shape index (κ3) is 2.96. The van der Waals surface area contributed by atoms with Gasteiger partial charge in [-0.05, 0) is 43.2 Å². The van der Waals surface area contributed by atoms with Crippen molar-refractivity contribution in [3.63, 3.8) is 0 Å². The van der Waals surface area contributed by atoms with Crippen LogP contribution in [0.4, 0.5) is 0 Å². The van der Waals surface area contributed by atoms with Gasteiger partial charge in [0.25, 0.3) is 5.91 Å². The maximum absolute atomic E-state index is 12.4. The Morgan fingerprint density at radius 1 is 1.47 bits per heavy atom. The van der Waals surface area contributed by atoms with Gasteiger partial charge in [0.2, 0.25) is 0 Å². The zero-order chi connectivity index (χ0) is 12.7. The van der Waals surface area contributed by atoms with Crippen LogP contribution >= 0.6 is 23.7 Å². The Bertz CT molecular complexity index is 474. The number of carbonyl (C=O) groups is 1. The molecular weight excluding hydrogens is 280 g/mol. The van der Waals surface area contributed by atoms with Crippen LogP contribution in [-0.2, 0) is 12.8 Å². The predicted octanol–water partition coefficient (Wildman–Crippen LogP) is 2.47. The SMILES string of the molecule is CC1CCc2sc(C(=O)N3CC[C@@H](N)C3)cc2C1.Cl. The Morgan fingerprint density at radius 3 is 2.95 bits per heavy atom. The Hall–Kier alpha value is -0.580. The number of halogens is 1. The van der Waals surface area contributed by atoms with E-state index in [1.54, 1.807) is 11.3 Å². The maximum Gasteiger partial charge on any atom is 0.263 e. The van der Waals surface area contributed by atoms with Gasteiger partial charge in [-0.1, -0.05) is 6.92 Å². The summed E-state index contributed by atoms with van der Waals surface area (Å²) < 4.78 is 0. The maximum atomic E-state index is 12.4. The molecule has 1 aliphatic carbocycles. The predicted molar refractivity (Wildman–Crippen MR) is 81.3 cm³/mol. The van der Waals surface area contributed by atoms with E-state index in [1.807, 2.05) is 4.90 Å². The van der Waals surface area contributed by atoms with Gasteiger partial charge in [0.15, 0.2) is 0 Å². The highest BCUT2D eigenvalue weighted by Gasteiger charge is 2.27. The van der Waals surface area contributed by atoms with E-state index >= 15 is 0 Å². The molecule has 0 bridgehead atoms. The van der Waals surface area contributed by atoms with Gasteiger partial charge in [0, 0.05) is 24.0 Å². The number of amides is 1. The van der Waals surface area contributed by atoms with Gasteiger partial charge >= 0.3 is 0 Å². The summed E-state index contributed by atoms with van der Waals surface area (Å²) in [7, 11) is 0. The molecule has 0 radical (unpaired) electrons. The molecule has 1 saturated heterocycles. The normalized spacial score (nSPS) is 25.9. The fraction of sp³-hybridized carbons (Fsp3) is 0.643. The van der Waals surface area contributed by atoms with Crippen LogP contribution in [0.25, 0.3) is 0 Å². The van der Waals surface area contributed by atoms with Crippen LogP contribution in [0.5, 0.6) is 0 Å². The molecule has 19 heavy (non-hydrogen) atoms. The molecule has 1 fully saturated rings. The quantitative estimate of drug-likeness (QED) is 0.866. The van der Waals surface area contributed by atoms with Crippen molar-refractivity contribution in [2.24, 2.45) is 11.7 Å². The van der Waals surface area contributed by atoms with E-state index in [1.165, 1.54) is 16.9 Å². The molecule has 106 valence electrons. The lowest BCUT2D eigenvalue weighted by molar-refractivity contribution is 0.0795. The third-order valence-electron chi connectivity index (χ3n) is 4.05. The summed E-state index contributed by atoms with van der Waals surface area (Å²) in [6.45, 7) is 3.83. The molecule has 0 aromatic carbocycles. The lowest BCUT2D eigenvalue weighted by atomic mass is 9.90. The zero-order valence-corrected chi connectivity index (χ0v) is 12.9. The number of aryl methyl sites for hydroxylation is 1. The van der Waals surface area contributed by atoms with E-state index in [2.05, 4.69) is 13.0 Å². The summed E-state index contributed by atoms with van der Waals surface area (Å²) in [5.74, 6) is 0.949. The number of rotatable bonds is 1. The second-order valence-electron chi connectivity index (χ2n) is 5.71. The van der Waals surface area contributed by atoms with Crippen molar-refractivity contribution in [2.75, 3.05) is 13.1 Å². The molecule has 1 aromatic heterocycles. The molecule has 5 heteroatoms. The Morgan fingerprint density at radius 2 is 2.26 bits per heavy atom. The molecule has 3 rings (SSSR count). The highest BCUT2D eigenvalue weighted by atomic mass is 35.5. The minimum absolute atomic E-state index is 0. The van der Waals surface area contributed by atoms with Crippen molar-refractivity contribution in [2.45, 2.75) is 38.6 Å². The number of likely N-dealkylation sites (tertiary alicyclic amines) is 1. The second kappa shape index (κ2) is 5.81. The zero-order valence-electron chi connectivity index (χ0n) is 11.2. The van der Waals surface area contributed by atoms with E-state index in [0.717, 1.165) is 43.1 Å². The van der Waals surface area contributed by atoms with Gasteiger partial charge in [-0.3, -0.25) is 4.79 Å². The lowest BCUT2D eigenvalue weighted by Crippen LogP contribution is -2.31.